The van der Waals surface area contributed by atoms with E-state index in [9.17, 15) is 17.6 Å². The third-order valence-corrected chi connectivity index (χ3v) is 5.71. The van der Waals surface area contributed by atoms with Gasteiger partial charge in [-0.05, 0) is 42.8 Å². The molecular weight excluding hydrogens is 367 g/mol. The van der Waals surface area contributed by atoms with Crippen LogP contribution in [0.1, 0.15) is 28.9 Å². The fraction of sp³-hybridized carbons (Fsp3) is 0.235. The molecule has 0 aliphatic rings. The number of rotatable bonds is 5. The molecule has 1 N–H and O–H groups in total. The van der Waals surface area contributed by atoms with Gasteiger partial charge < -0.3 is 5.32 Å². The van der Waals surface area contributed by atoms with Gasteiger partial charge in [-0.1, -0.05) is 23.7 Å². The molecule has 0 saturated carbocycles. The van der Waals surface area contributed by atoms with Gasteiger partial charge in [0, 0.05) is 24.7 Å². The molecule has 0 saturated heterocycles. The van der Waals surface area contributed by atoms with E-state index in [-0.39, 0.29) is 11.6 Å². The van der Waals surface area contributed by atoms with Crippen LogP contribution in [0.2, 0.25) is 5.02 Å². The van der Waals surface area contributed by atoms with E-state index in [1.54, 1.807) is 25.1 Å². The lowest BCUT2D eigenvalue weighted by Gasteiger charge is -2.16. The molecule has 25 heavy (non-hydrogen) atoms. The van der Waals surface area contributed by atoms with E-state index in [1.165, 1.54) is 20.2 Å². The van der Waals surface area contributed by atoms with Crippen molar-refractivity contribution in [1.29, 1.82) is 0 Å². The highest BCUT2D eigenvalue weighted by molar-refractivity contribution is 7.89. The molecule has 1 atom stereocenters. The van der Waals surface area contributed by atoms with Gasteiger partial charge in [0.2, 0.25) is 10.0 Å². The zero-order chi connectivity index (χ0) is 18.8. The SMILES string of the molecule is CC(NC(=O)c1ccc(F)c(S(=O)(=O)N(C)C)c1)c1cccc(Cl)c1. The first-order chi connectivity index (χ1) is 11.6. The number of nitrogens with one attached hydrogen (secondary N) is 1. The molecule has 0 aliphatic carbocycles. The van der Waals surface area contributed by atoms with Crippen LogP contribution >= 0.6 is 11.6 Å². The fourth-order valence-corrected chi connectivity index (χ4v) is 3.36. The smallest absolute Gasteiger partial charge is 0.251 e. The third kappa shape index (κ3) is 4.36. The van der Waals surface area contributed by atoms with Crippen LogP contribution in [0.4, 0.5) is 4.39 Å². The number of benzene rings is 2. The van der Waals surface area contributed by atoms with Gasteiger partial charge in [0.05, 0.1) is 6.04 Å². The number of hydrogen-bond donors (Lipinski definition) is 1. The van der Waals surface area contributed by atoms with Crippen LogP contribution in [-0.4, -0.2) is 32.7 Å². The van der Waals surface area contributed by atoms with Gasteiger partial charge in [-0.25, -0.2) is 17.1 Å². The number of amides is 1. The van der Waals surface area contributed by atoms with Crippen LogP contribution in [0.3, 0.4) is 0 Å². The van der Waals surface area contributed by atoms with E-state index in [1.807, 2.05) is 6.07 Å². The molecule has 1 amide bonds. The molecule has 0 spiro atoms. The van der Waals surface area contributed by atoms with Gasteiger partial charge in [0.15, 0.2) is 0 Å². The van der Waals surface area contributed by atoms with Crippen LogP contribution < -0.4 is 5.32 Å². The van der Waals surface area contributed by atoms with Gasteiger partial charge in [-0.2, -0.15) is 0 Å². The molecule has 5 nitrogen and oxygen atoms in total. The van der Waals surface area contributed by atoms with Crippen LogP contribution in [0, 0.1) is 5.82 Å². The Kier molecular flexibility index (Phi) is 5.82. The standard InChI is InChI=1S/C17H18ClFN2O3S/c1-11(12-5-4-6-14(18)9-12)20-17(22)13-7-8-15(19)16(10-13)25(23,24)21(2)3/h4-11H,1-3H3,(H,20,22). The van der Waals surface area contributed by atoms with Crippen molar-refractivity contribution in [3.8, 4) is 0 Å². The molecule has 0 bridgehead atoms. The average Bonchev–Trinajstić information content (AvgIpc) is 2.54. The van der Waals surface area contributed by atoms with Gasteiger partial charge in [0.1, 0.15) is 10.7 Å². The van der Waals surface area contributed by atoms with E-state index < -0.39 is 26.6 Å². The number of carbonyl (C=O) groups excluding carboxylic acids is 1. The molecule has 0 aromatic heterocycles. The highest BCUT2D eigenvalue weighted by Gasteiger charge is 2.23. The first-order valence-corrected chi connectivity index (χ1v) is 9.23. The number of halogens is 2. The number of hydrogen-bond acceptors (Lipinski definition) is 3. The summed E-state index contributed by atoms with van der Waals surface area (Å²) in [6, 6.07) is 9.90. The maximum Gasteiger partial charge on any atom is 0.251 e. The van der Waals surface area contributed by atoms with E-state index in [0.29, 0.717) is 5.02 Å². The van der Waals surface area contributed by atoms with Crippen LogP contribution in [-0.2, 0) is 10.0 Å². The number of sulfonamides is 1. The van der Waals surface area contributed by atoms with E-state index >= 15 is 0 Å². The molecule has 8 heteroatoms. The predicted molar refractivity (Wildman–Crippen MR) is 94.6 cm³/mol. The summed E-state index contributed by atoms with van der Waals surface area (Å²) < 4.78 is 39.1. The zero-order valence-electron chi connectivity index (χ0n) is 14.0. The largest absolute Gasteiger partial charge is 0.346 e. The summed E-state index contributed by atoms with van der Waals surface area (Å²) in [6.45, 7) is 1.77. The minimum Gasteiger partial charge on any atom is -0.346 e. The Morgan fingerprint density at radius 3 is 2.48 bits per heavy atom. The lowest BCUT2D eigenvalue weighted by molar-refractivity contribution is 0.0939. The van der Waals surface area contributed by atoms with Crippen LogP contribution in [0.5, 0.6) is 0 Å². The van der Waals surface area contributed by atoms with Crippen molar-refractivity contribution in [1.82, 2.24) is 9.62 Å². The van der Waals surface area contributed by atoms with Crippen molar-refractivity contribution in [3.05, 3.63) is 64.4 Å². The minimum absolute atomic E-state index is 0.0516. The van der Waals surface area contributed by atoms with Crippen molar-refractivity contribution in [3.63, 3.8) is 0 Å². The molecule has 2 rings (SSSR count). The van der Waals surface area contributed by atoms with E-state index in [2.05, 4.69) is 5.32 Å². The van der Waals surface area contributed by atoms with E-state index in [0.717, 1.165) is 22.0 Å². The second-order valence-corrected chi connectivity index (χ2v) is 8.24. The Labute approximate surface area is 151 Å². The van der Waals surface area contributed by atoms with E-state index in [4.69, 9.17) is 11.6 Å². The molecule has 0 radical (unpaired) electrons. The summed E-state index contributed by atoms with van der Waals surface area (Å²) in [4.78, 5) is 11.9. The highest BCUT2D eigenvalue weighted by atomic mass is 35.5. The summed E-state index contributed by atoms with van der Waals surface area (Å²) in [5.41, 5.74) is 0.847. The van der Waals surface area contributed by atoms with Crippen LogP contribution in [0.25, 0.3) is 0 Å². The predicted octanol–water partition coefficient (Wildman–Crippen LogP) is 3.22. The Bertz CT molecular complexity index is 901. The number of carbonyl (C=O) groups is 1. The molecule has 1 unspecified atom stereocenters. The summed E-state index contributed by atoms with van der Waals surface area (Å²) >= 11 is 5.93. The monoisotopic (exact) mass is 384 g/mol. The maximum atomic E-state index is 13.9. The Balaban J connectivity index is 2.28. The molecular formula is C17H18ClFN2O3S. The van der Waals surface area contributed by atoms with Gasteiger partial charge in [-0.3, -0.25) is 4.79 Å². The Hall–Kier alpha value is -1.96. The third-order valence-electron chi connectivity index (χ3n) is 3.65. The summed E-state index contributed by atoms with van der Waals surface area (Å²) in [5, 5.41) is 3.28. The summed E-state index contributed by atoms with van der Waals surface area (Å²) in [7, 11) is -1.40. The second-order valence-electron chi connectivity index (χ2n) is 5.68. The highest BCUT2D eigenvalue weighted by Crippen LogP contribution is 2.21. The number of nitrogens with zero attached hydrogens (tertiary/aromatic N) is 1. The van der Waals surface area contributed by atoms with Crippen molar-refractivity contribution in [2.24, 2.45) is 0 Å². The minimum atomic E-state index is -3.99. The Morgan fingerprint density at radius 2 is 1.88 bits per heavy atom. The fourth-order valence-electron chi connectivity index (χ4n) is 2.18. The molecule has 2 aromatic rings. The first-order valence-electron chi connectivity index (χ1n) is 7.41. The maximum absolute atomic E-state index is 13.9. The van der Waals surface area contributed by atoms with Crippen LogP contribution in [0.15, 0.2) is 47.4 Å². The molecule has 0 aliphatic heterocycles. The molecule has 0 fully saturated rings. The zero-order valence-corrected chi connectivity index (χ0v) is 15.5. The normalized spacial score (nSPS) is 12.9. The topological polar surface area (TPSA) is 66.5 Å². The molecule has 134 valence electrons. The van der Waals surface area contributed by atoms with Crippen molar-refractivity contribution < 1.29 is 17.6 Å². The summed E-state index contributed by atoms with van der Waals surface area (Å²) in [6.07, 6.45) is 0. The van der Waals surface area contributed by atoms with Crippen molar-refractivity contribution in [2.45, 2.75) is 17.9 Å². The molecule has 2 aromatic carbocycles. The lowest BCUT2D eigenvalue weighted by Crippen LogP contribution is -2.28. The van der Waals surface area contributed by atoms with Crippen molar-refractivity contribution >= 4 is 27.5 Å². The second kappa shape index (κ2) is 7.51. The van der Waals surface area contributed by atoms with Gasteiger partial charge in [0.25, 0.3) is 5.91 Å². The van der Waals surface area contributed by atoms with Gasteiger partial charge >= 0.3 is 0 Å². The summed E-state index contributed by atoms with van der Waals surface area (Å²) in [5.74, 6) is -1.42. The quantitative estimate of drug-likeness (QED) is 0.860. The molecule has 0 heterocycles. The first kappa shape index (κ1) is 19.4. The van der Waals surface area contributed by atoms with Gasteiger partial charge in [-0.15, -0.1) is 0 Å². The lowest BCUT2D eigenvalue weighted by atomic mass is 10.1. The average molecular weight is 385 g/mol. The Morgan fingerprint density at radius 1 is 1.20 bits per heavy atom. The van der Waals surface area contributed by atoms with Crippen molar-refractivity contribution in [2.75, 3.05) is 14.1 Å².